The summed E-state index contributed by atoms with van der Waals surface area (Å²) in [5.74, 6) is 0.419. The molecular formula is C12H16N2S. The predicted octanol–water partition coefficient (Wildman–Crippen LogP) is 3.06. The fourth-order valence-electron chi connectivity index (χ4n) is 1.67. The van der Waals surface area contributed by atoms with Crippen molar-refractivity contribution in [2.45, 2.75) is 26.2 Å². The summed E-state index contributed by atoms with van der Waals surface area (Å²) >= 11 is 1.78. The topological polar surface area (TPSA) is 38.9 Å². The molecule has 0 saturated heterocycles. The van der Waals surface area contributed by atoms with Crippen molar-refractivity contribution in [2.75, 3.05) is 6.54 Å². The van der Waals surface area contributed by atoms with Gasteiger partial charge in [-0.05, 0) is 31.0 Å². The number of benzene rings is 1. The van der Waals surface area contributed by atoms with Crippen molar-refractivity contribution in [2.24, 2.45) is 5.73 Å². The van der Waals surface area contributed by atoms with Gasteiger partial charge in [-0.2, -0.15) is 0 Å². The Balaban J connectivity index is 2.46. The average Bonchev–Trinajstić information content (AvgIpc) is 2.62. The van der Waals surface area contributed by atoms with Crippen LogP contribution < -0.4 is 5.73 Å². The van der Waals surface area contributed by atoms with E-state index < -0.39 is 0 Å². The van der Waals surface area contributed by atoms with Crippen molar-refractivity contribution in [1.29, 1.82) is 0 Å². The molecule has 0 aliphatic heterocycles. The molecule has 0 fully saturated rings. The van der Waals surface area contributed by atoms with Gasteiger partial charge in [-0.15, -0.1) is 11.3 Å². The summed E-state index contributed by atoms with van der Waals surface area (Å²) in [5.41, 5.74) is 8.13. The minimum Gasteiger partial charge on any atom is -0.330 e. The van der Waals surface area contributed by atoms with Crippen molar-refractivity contribution < 1.29 is 0 Å². The van der Waals surface area contributed by atoms with Crippen LogP contribution in [0.5, 0.6) is 0 Å². The number of nitrogens with two attached hydrogens (primary N) is 1. The minimum absolute atomic E-state index is 0.419. The summed E-state index contributed by atoms with van der Waals surface area (Å²) in [4.78, 5) is 4.63. The van der Waals surface area contributed by atoms with E-state index in [-0.39, 0.29) is 0 Å². The third-order valence-electron chi connectivity index (χ3n) is 2.69. The second-order valence-corrected chi connectivity index (χ2v) is 4.93. The fourth-order valence-corrected chi connectivity index (χ4v) is 2.93. The monoisotopic (exact) mass is 220 g/mol. The van der Waals surface area contributed by atoms with Crippen molar-refractivity contribution in [3.8, 4) is 0 Å². The zero-order chi connectivity index (χ0) is 10.8. The third kappa shape index (κ3) is 2.03. The van der Waals surface area contributed by atoms with Gasteiger partial charge in [0.05, 0.1) is 15.2 Å². The number of thiazole rings is 1. The summed E-state index contributed by atoms with van der Waals surface area (Å²) in [6.07, 6.45) is 1.06. The summed E-state index contributed by atoms with van der Waals surface area (Å²) in [7, 11) is 0. The van der Waals surface area contributed by atoms with Gasteiger partial charge in [-0.1, -0.05) is 13.0 Å². The normalized spacial score (nSPS) is 13.3. The van der Waals surface area contributed by atoms with Crippen molar-refractivity contribution >= 4 is 21.6 Å². The molecule has 2 rings (SSSR count). The van der Waals surface area contributed by atoms with E-state index in [1.54, 1.807) is 11.3 Å². The maximum atomic E-state index is 5.73. The van der Waals surface area contributed by atoms with E-state index in [1.165, 1.54) is 15.3 Å². The Hall–Kier alpha value is -0.930. The van der Waals surface area contributed by atoms with Crippen LogP contribution in [0.25, 0.3) is 10.2 Å². The van der Waals surface area contributed by atoms with Gasteiger partial charge < -0.3 is 5.73 Å². The SMILES string of the molecule is CCC(CN)c1nc2ccc(C)cc2s1. The van der Waals surface area contributed by atoms with E-state index in [2.05, 4.69) is 37.0 Å². The molecule has 15 heavy (non-hydrogen) atoms. The number of fused-ring (bicyclic) bond motifs is 1. The van der Waals surface area contributed by atoms with Crippen LogP contribution in [0.15, 0.2) is 18.2 Å². The number of aryl methyl sites for hydroxylation is 1. The van der Waals surface area contributed by atoms with E-state index in [1.807, 2.05) is 0 Å². The van der Waals surface area contributed by atoms with Gasteiger partial charge in [0.1, 0.15) is 0 Å². The van der Waals surface area contributed by atoms with Crippen LogP contribution in [-0.2, 0) is 0 Å². The summed E-state index contributed by atoms with van der Waals surface area (Å²) in [6, 6.07) is 6.39. The number of hydrogen-bond acceptors (Lipinski definition) is 3. The maximum absolute atomic E-state index is 5.73. The Morgan fingerprint density at radius 1 is 1.47 bits per heavy atom. The first-order valence-corrected chi connectivity index (χ1v) is 6.13. The Bertz CT molecular complexity index is 458. The molecule has 1 unspecified atom stereocenters. The maximum Gasteiger partial charge on any atom is 0.0982 e. The van der Waals surface area contributed by atoms with Crippen LogP contribution in [0.1, 0.15) is 29.8 Å². The van der Waals surface area contributed by atoms with E-state index in [9.17, 15) is 0 Å². The number of rotatable bonds is 3. The number of hydrogen-bond donors (Lipinski definition) is 1. The molecule has 1 aromatic heterocycles. The lowest BCUT2D eigenvalue weighted by atomic mass is 10.1. The van der Waals surface area contributed by atoms with Crippen LogP contribution >= 0.6 is 11.3 Å². The van der Waals surface area contributed by atoms with Crippen LogP contribution in [-0.4, -0.2) is 11.5 Å². The smallest absolute Gasteiger partial charge is 0.0982 e. The molecule has 3 heteroatoms. The predicted molar refractivity (Wildman–Crippen MR) is 66.4 cm³/mol. The molecule has 0 radical (unpaired) electrons. The minimum atomic E-state index is 0.419. The Labute approximate surface area is 94.1 Å². The van der Waals surface area contributed by atoms with E-state index in [0.717, 1.165) is 11.9 Å². The lowest BCUT2D eigenvalue weighted by Gasteiger charge is -2.06. The zero-order valence-electron chi connectivity index (χ0n) is 9.16. The quantitative estimate of drug-likeness (QED) is 0.863. The molecule has 2 nitrogen and oxygen atoms in total. The molecule has 1 aromatic carbocycles. The molecule has 1 atom stereocenters. The number of nitrogens with zero attached hydrogens (tertiary/aromatic N) is 1. The van der Waals surface area contributed by atoms with Gasteiger partial charge in [0, 0.05) is 12.5 Å². The first-order chi connectivity index (χ1) is 7.24. The standard InChI is InChI=1S/C12H16N2S/c1-3-9(7-13)12-14-10-5-4-8(2)6-11(10)15-12/h4-6,9H,3,7,13H2,1-2H3. The zero-order valence-corrected chi connectivity index (χ0v) is 9.97. The van der Waals surface area contributed by atoms with Crippen molar-refractivity contribution in [3.05, 3.63) is 28.8 Å². The number of aromatic nitrogens is 1. The molecule has 0 spiro atoms. The van der Waals surface area contributed by atoms with Crippen LogP contribution in [0.4, 0.5) is 0 Å². The first-order valence-electron chi connectivity index (χ1n) is 5.31. The molecule has 0 aliphatic carbocycles. The highest BCUT2D eigenvalue weighted by Crippen LogP contribution is 2.29. The Morgan fingerprint density at radius 3 is 2.93 bits per heavy atom. The van der Waals surface area contributed by atoms with Gasteiger partial charge in [-0.3, -0.25) is 0 Å². The van der Waals surface area contributed by atoms with Crippen LogP contribution in [0.3, 0.4) is 0 Å². The van der Waals surface area contributed by atoms with Crippen LogP contribution in [0, 0.1) is 6.92 Å². The molecule has 0 aliphatic rings. The average molecular weight is 220 g/mol. The molecule has 0 saturated carbocycles. The fraction of sp³-hybridized carbons (Fsp3) is 0.417. The van der Waals surface area contributed by atoms with E-state index in [4.69, 9.17) is 5.73 Å². The Morgan fingerprint density at radius 2 is 2.27 bits per heavy atom. The molecule has 80 valence electrons. The highest BCUT2D eigenvalue weighted by Gasteiger charge is 2.12. The molecule has 0 bridgehead atoms. The van der Waals surface area contributed by atoms with Gasteiger partial charge in [0.25, 0.3) is 0 Å². The van der Waals surface area contributed by atoms with Crippen molar-refractivity contribution in [3.63, 3.8) is 0 Å². The third-order valence-corrected chi connectivity index (χ3v) is 3.87. The molecule has 0 amide bonds. The lowest BCUT2D eigenvalue weighted by Crippen LogP contribution is -2.10. The first kappa shape index (κ1) is 10.6. The Kier molecular flexibility index (Phi) is 3.03. The summed E-state index contributed by atoms with van der Waals surface area (Å²) in [6.45, 7) is 4.96. The molecule has 2 aromatic rings. The van der Waals surface area contributed by atoms with Gasteiger partial charge in [0.2, 0.25) is 0 Å². The van der Waals surface area contributed by atoms with Gasteiger partial charge in [0.15, 0.2) is 0 Å². The second kappa shape index (κ2) is 4.29. The van der Waals surface area contributed by atoms with Crippen molar-refractivity contribution in [1.82, 2.24) is 4.98 Å². The second-order valence-electron chi connectivity index (χ2n) is 3.86. The van der Waals surface area contributed by atoms with Gasteiger partial charge in [-0.25, -0.2) is 4.98 Å². The highest BCUT2D eigenvalue weighted by atomic mass is 32.1. The summed E-state index contributed by atoms with van der Waals surface area (Å²) in [5, 5.41) is 1.18. The van der Waals surface area contributed by atoms with Gasteiger partial charge >= 0.3 is 0 Å². The largest absolute Gasteiger partial charge is 0.330 e. The molecule has 2 N–H and O–H groups in total. The molecule has 1 heterocycles. The molecular weight excluding hydrogens is 204 g/mol. The summed E-state index contributed by atoms with van der Waals surface area (Å²) < 4.78 is 1.27. The van der Waals surface area contributed by atoms with Crippen LogP contribution in [0.2, 0.25) is 0 Å². The van der Waals surface area contributed by atoms with E-state index in [0.29, 0.717) is 12.5 Å². The lowest BCUT2D eigenvalue weighted by molar-refractivity contribution is 0.671. The van der Waals surface area contributed by atoms with E-state index >= 15 is 0 Å². The highest BCUT2D eigenvalue weighted by molar-refractivity contribution is 7.18.